The van der Waals surface area contributed by atoms with Gasteiger partial charge in [0.15, 0.2) is 0 Å². The van der Waals surface area contributed by atoms with E-state index in [1.807, 2.05) is 6.08 Å². The molecule has 1 rings (SSSR count). The van der Waals surface area contributed by atoms with Crippen LogP contribution in [0.25, 0.3) is 6.08 Å². The summed E-state index contributed by atoms with van der Waals surface area (Å²) in [4.78, 5) is 0. The second-order valence-corrected chi connectivity index (χ2v) is 7.28. The molecule has 1 aromatic rings. The van der Waals surface area contributed by atoms with E-state index in [1.165, 1.54) is 77.0 Å². The Balaban J connectivity index is 1.98. The lowest BCUT2D eigenvalue weighted by atomic mass is 10.0. The van der Waals surface area contributed by atoms with Gasteiger partial charge >= 0.3 is 0 Å². The fourth-order valence-electron chi connectivity index (χ4n) is 3.14. The van der Waals surface area contributed by atoms with Crippen molar-refractivity contribution in [3.8, 4) is 11.5 Å². The Bertz CT molecular complexity index is 491. The van der Waals surface area contributed by atoms with Crippen LogP contribution in [0.3, 0.4) is 0 Å². The van der Waals surface area contributed by atoms with Gasteiger partial charge in [0.2, 0.25) is 0 Å². The number of benzene rings is 1. The molecule has 0 heterocycles. The van der Waals surface area contributed by atoms with Crippen molar-refractivity contribution in [1.29, 1.82) is 0 Å². The van der Waals surface area contributed by atoms with E-state index in [2.05, 4.69) is 13.0 Å². The Morgan fingerprint density at radius 1 is 0.720 bits per heavy atom. The lowest BCUT2D eigenvalue weighted by Gasteiger charge is -2.04. The highest BCUT2D eigenvalue weighted by Crippen LogP contribution is 2.27. The molecular weight excluding hydrogens is 308 g/mol. The quantitative estimate of drug-likeness (QED) is 0.270. The molecule has 0 saturated carbocycles. The van der Waals surface area contributed by atoms with Crippen molar-refractivity contribution in [3.63, 3.8) is 0 Å². The van der Waals surface area contributed by atoms with E-state index in [0.29, 0.717) is 11.1 Å². The summed E-state index contributed by atoms with van der Waals surface area (Å²) in [5.74, 6) is 0.476. The largest absolute Gasteiger partial charge is 0.508 e. The van der Waals surface area contributed by atoms with Gasteiger partial charge in [0.1, 0.15) is 11.5 Å². The standard InChI is InChI=1S/C23H38O2/c1-3-4-5-6-7-8-9-10-11-12-13-14-15-16-17-21-19-22(24)20(2)18-23(21)25/h16-19,24-25H,3-15H2,1-2H3/b17-16+. The summed E-state index contributed by atoms with van der Waals surface area (Å²) < 4.78 is 0. The normalized spacial score (nSPS) is 11.4. The summed E-state index contributed by atoms with van der Waals surface area (Å²) in [7, 11) is 0. The summed E-state index contributed by atoms with van der Waals surface area (Å²) in [6, 6.07) is 3.24. The van der Waals surface area contributed by atoms with Gasteiger partial charge in [-0.2, -0.15) is 0 Å². The fourth-order valence-corrected chi connectivity index (χ4v) is 3.14. The molecule has 1 aromatic carbocycles. The average Bonchev–Trinajstić information content (AvgIpc) is 2.59. The second kappa shape index (κ2) is 13.8. The topological polar surface area (TPSA) is 40.5 Å². The van der Waals surface area contributed by atoms with Crippen LogP contribution in [0.5, 0.6) is 11.5 Å². The molecule has 0 fully saturated rings. The number of rotatable bonds is 14. The number of allylic oxidation sites excluding steroid dienone is 1. The first-order chi connectivity index (χ1) is 12.1. The average molecular weight is 347 g/mol. The highest BCUT2D eigenvalue weighted by atomic mass is 16.3. The molecule has 0 unspecified atom stereocenters. The maximum atomic E-state index is 9.86. The molecule has 2 N–H and O–H groups in total. The van der Waals surface area contributed by atoms with E-state index < -0.39 is 0 Å². The van der Waals surface area contributed by atoms with Crippen molar-refractivity contribution < 1.29 is 10.2 Å². The van der Waals surface area contributed by atoms with Crippen molar-refractivity contribution in [2.24, 2.45) is 0 Å². The monoisotopic (exact) mass is 346 g/mol. The molecule has 0 aromatic heterocycles. The molecule has 0 saturated heterocycles. The summed E-state index contributed by atoms with van der Waals surface area (Å²) >= 11 is 0. The zero-order chi connectivity index (χ0) is 18.3. The van der Waals surface area contributed by atoms with Crippen LogP contribution in [0.15, 0.2) is 18.2 Å². The molecule has 2 heteroatoms. The van der Waals surface area contributed by atoms with Crippen molar-refractivity contribution in [1.82, 2.24) is 0 Å². The Morgan fingerprint density at radius 3 is 1.80 bits per heavy atom. The third-order valence-electron chi connectivity index (χ3n) is 4.87. The minimum Gasteiger partial charge on any atom is -0.508 e. The first-order valence-corrected chi connectivity index (χ1v) is 10.3. The first kappa shape index (κ1) is 21.6. The number of aromatic hydroxyl groups is 2. The maximum absolute atomic E-state index is 9.86. The number of aryl methyl sites for hydroxylation is 1. The van der Waals surface area contributed by atoms with Gasteiger partial charge in [-0.3, -0.25) is 0 Å². The third-order valence-corrected chi connectivity index (χ3v) is 4.87. The molecular formula is C23H38O2. The van der Waals surface area contributed by atoms with E-state index in [-0.39, 0.29) is 11.5 Å². The maximum Gasteiger partial charge on any atom is 0.123 e. The molecule has 0 atom stereocenters. The van der Waals surface area contributed by atoms with Gasteiger partial charge in [0, 0.05) is 5.56 Å². The van der Waals surface area contributed by atoms with Crippen LogP contribution in [-0.2, 0) is 0 Å². The molecule has 0 aliphatic heterocycles. The summed E-state index contributed by atoms with van der Waals surface area (Å²) in [5.41, 5.74) is 1.40. The number of phenolic OH excluding ortho intramolecular Hbond substituents is 2. The minimum absolute atomic E-state index is 0.237. The van der Waals surface area contributed by atoms with Crippen molar-refractivity contribution >= 4 is 6.08 Å². The number of phenols is 2. The van der Waals surface area contributed by atoms with E-state index in [1.54, 1.807) is 19.1 Å². The Hall–Kier alpha value is -1.44. The molecule has 142 valence electrons. The lowest BCUT2D eigenvalue weighted by Crippen LogP contribution is -1.82. The second-order valence-electron chi connectivity index (χ2n) is 7.28. The van der Waals surface area contributed by atoms with Crippen LogP contribution in [-0.4, -0.2) is 10.2 Å². The molecule has 0 spiro atoms. The van der Waals surface area contributed by atoms with Crippen molar-refractivity contribution in [2.45, 2.75) is 97.3 Å². The lowest BCUT2D eigenvalue weighted by molar-refractivity contribution is 0.455. The highest BCUT2D eigenvalue weighted by Gasteiger charge is 2.02. The van der Waals surface area contributed by atoms with Crippen molar-refractivity contribution in [2.75, 3.05) is 0 Å². The summed E-state index contributed by atoms with van der Waals surface area (Å²) in [5, 5.41) is 19.6. The van der Waals surface area contributed by atoms with Crippen LogP contribution in [0.4, 0.5) is 0 Å². The van der Waals surface area contributed by atoms with Crippen molar-refractivity contribution in [3.05, 3.63) is 29.3 Å². The Labute approximate surface area is 155 Å². The number of hydrogen-bond acceptors (Lipinski definition) is 2. The third kappa shape index (κ3) is 10.2. The van der Waals surface area contributed by atoms with E-state index in [4.69, 9.17) is 0 Å². The van der Waals surface area contributed by atoms with E-state index >= 15 is 0 Å². The molecule has 25 heavy (non-hydrogen) atoms. The van der Waals surface area contributed by atoms with Gasteiger partial charge in [-0.1, -0.05) is 89.7 Å². The molecule has 0 aliphatic carbocycles. The van der Waals surface area contributed by atoms with Gasteiger partial charge in [0.05, 0.1) is 0 Å². The molecule has 0 bridgehead atoms. The summed E-state index contributed by atoms with van der Waals surface area (Å²) in [6.07, 6.45) is 21.4. The smallest absolute Gasteiger partial charge is 0.123 e. The molecule has 0 amide bonds. The molecule has 0 aliphatic rings. The number of unbranched alkanes of at least 4 members (excludes halogenated alkanes) is 12. The predicted octanol–water partition coefficient (Wildman–Crippen LogP) is 7.51. The van der Waals surface area contributed by atoms with Gasteiger partial charge < -0.3 is 10.2 Å². The SMILES string of the molecule is CCCCCCCCCCCCCC/C=C/c1cc(O)c(C)cc1O. The highest BCUT2D eigenvalue weighted by molar-refractivity contribution is 5.60. The summed E-state index contributed by atoms with van der Waals surface area (Å²) in [6.45, 7) is 4.06. The van der Waals surface area contributed by atoms with Gasteiger partial charge in [-0.05, 0) is 37.5 Å². The zero-order valence-corrected chi connectivity index (χ0v) is 16.4. The zero-order valence-electron chi connectivity index (χ0n) is 16.4. The minimum atomic E-state index is 0.237. The van der Waals surface area contributed by atoms with Crippen LogP contribution in [0, 0.1) is 6.92 Å². The Morgan fingerprint density at radius 2 is 1.24 bits per heavy atom. The van der Waals surface area contributed by atoms with E-state index in [9.17, 15) is 10.2 Å². The van der Waals surface area contributed by atoms with E-state index in [0.717, 1.165) is 6.42 Å². The van der Waals surface area contributed by atoms with Crippen LogP contribution < -0.4 is 0 Å². The van der Waals surface area contributed by atoms with Crippen LogP contribution in [0.2, 0.25) is 0 Å². The molecule has 2 nitrogen and oxygen atoms in total. The van der Waals surface area contributed by atoms with Gasteiger partial charge in [0.25, 0.3) is 0 Å². The van der Waals surface area contributed by atoms with Gasteiger partial charge in [-0.15, -0.1) is 0 Å². The molecule has 0 radical (unpaired) electrons. The van der Waals surface area contributed by atoms with Gasteiger partial charge in [-0.25, -0.2) is 0 Å². The number of hydrogen-bond donors (Lipinski definition) is 2. The van der Waals surface area contributed by atoms with Crippen LogP contribution in [0.1, 0.15) is 102 Å². The predicted molar refractivity (Wildman–Crippen MR) is 109 cm³/mol. The van der Waals surface area contributed by atoms with Crippen LogP contribution >= 0.6 is 0 Å². The Kier molecular flexibility index (Phi) is 11.9. The first-order valence-electron chi connectivity index (χ1n) is 10.3. The fraction of sp³-hybridized carbons (Fsp3) is 0.652.